The number of aliphatic hydroxyl groups excluding tert-OH is 3. The van der Waals surface area contributed by atoms with Crippen molar-refractivity contribution in [2.45, 2.75) is 63.4 Å². The van der Waals surface area contributed by atoms with Crippen molar-refractivity contribution in [3.63, 3.8) is 0 Å². The lowest BCUT2D eigenvalue weighted by atomic mass is 10.1. The fraction of sp³-hybridized carbons (Fsp3) is 0.857. The van der Waals surface area contributed by atoms with E-state index in [1.807, 2.05) is 6.08 Å². The Morgan fingerprint density at radius 1 is 1.37 bits per heavy atom. The maximum atomic E-state index is 9.70. The molecule has 1 heterocycles. The van der Waals surface area contributed by atoms with Gasteiger partial charge >= 0.3 is 0 Å². The van der Waals surface area contributed by atoms with Gasteiger partial charge < -0.3 is 24.8 Å². The predicted molar refractivity (Wildman–Crippen MR) is 71.6 cm³/mol. The molecule has 1 aliphatic rings. The van der Waals surface area contributed by atoms with Gasteiger partial charge in [-0.2, -0.15) is 0 Å². The fourth-order valence-corrected chi connectivity index (χ4v) is 2.12. The molecule has 0 spiro atoms. The smallest absolute Gasteiger partial charge is 0.154 e. The summed E-state index contributed by atoms with van der Waals surface area (Å²) in [7, 11) is 0. The molecule has 0 bridgehead atoms. The molecule has 112 valence electrons. The lowest BCUT2D eigenvalue weighted by Gasteiger charge is -2.22. The number of allylic oxidation sites excluding steroid dienone is 1. The van der Waals surface area contributed by atoms with Gasteiger partial charge in [0.05, 0.1) is 19.5 Å². The second-order valence-corrected chi connectivity index (χ2v) is 4.94. The highest BCUT2D eigenvalue weighted by Crippen LogP contribution is 2.21. The van der Waals surface area contributed by atoms with Gasteiger partial charge in [0.1, 0.15) is 18.3 Å². The Kier molecular flexibility index (Phi) is 8.05. The number of aliphatic hydroxyl groups is 3. The zero-order valence-corrected chi connectivity index (χ0v) is 11.6. The molecule has 1 aliphatic heterocycles. The third kappa shape index (κ3) is 5.48. The van der Waals surface area contributed by atoms with Gasteiger partial charge in [0.15, 0.2) is 6.10 Å². The maximum absolute atomic E-state index is 9.70. The lowest BCUT2D eigenvalue weighted by Crippen LogP contribution is -2.41. The number of hydrogen-bond donors (Lipinski definition) is 3. The van der Waals surface area contributed by atoms with Gasteiger partial charge in [-0.05, 0) is 18.9 Å². The zero-order chi connectivity index (χ0) is 14.1. The van der Waals surface area contributed by atoms with Crippen LogP contribution in [0, 0.1) is 0 Å². The fourth-order valence-electron chi connectivity index (χ4n) is 2.12. The summed E-state index contributed by atoms with van der Waals surface area (Å²) in [6.45, 7) is 1.89. The lowest BCUT2D eigenvalue weighted by molar-refractivity contribution is -0.0721. The van der Waals surface area contributed by atoms with E-state index in [4.69, 9.17) is 14.6 Å². The van der Waals surface area contributed by atoms with Gasteiger partial charge in [0.25, 0.3) is 0 Å². The molecular formula is C14H26O5. The minimum absolute atomic E-state index is 0.122. The highest BCUT2D eigenvalue weighted by molar-refractivity contribution is 4.91. The van der Waals surface area contributed by atoms with E-state index < -0.39 is 31.0 Å². The quantitative estimate of drug-likeness (QED) is 0.431. The van der Waals surface area contributed by atoms with Crippen molar-refractivity contribution in [3.05, 3.63) is 12.3 Å². The van der Waals surface area contributed by atoms with Gasteiger partial charge in [0, 0.05) is 0 Å². The van der Waals surface area contributed by atoms with Gasteiger partial charge in [-0.1, -0.05) is 26.2 Å². The topological polar surface area (TPSA) is 79.2 Å². The van der Waals surface area contributed by atoms with Crippen molar-refractivity contribution >= 4 is 0 Å². The van der Waals surface area contributed by atoms with E-state index in [1.165, 1.54) is 19.3 Å². The van der Waals surface area contributed by atoms with Crippen LogP contribution < -0.4 is 0 Å². The molecule has 0 saturated carbocycles. The van der Waals surface area contributed by atoms with Crippen molar-refractivity contribution in [2.24, 2.45) is 0 Å². The van der Waals surface area contributed by atoms with Crippen molar-refractivity contribution in [3.8, 4) is 0 Å². The Labute approximate surface area is 114 Å². The van der Waals surface area contributed by atoms with E-state index >= 15 is 0 Å². The van der Waals surface area contributed by atoms with Crippen LogP contribution in [0.4, 0.5) is 0 Å². The van der Waals surface area contributed by atoms with Crippen molar-refractivity contribution in [1.82, 2.24) is 0 Å². The highest BCUT2D eigenvalue weighted by atomic mass is 16.6. The van der Waals surface area contributed by atoms with Crippen LogP contribution in [0.1, 0.15) is 39.0 Å². The first kappa shape index (κ1) is 16.4. The first-order valence-electron chi connectivity index (χ1n) is 7.09. The van der Waals surface area contributed by atoms with Crippen LogP contribution in [-0.2, 0) is 9.47 Å². The molecule has 0 aromatic carbocycles. The molecular weight excluding hydrogens is 248 g/mol. The molecule has 1 fully saturated rings. The zero-order valence-electron chi connectivity index (χ0n) is 11.6. The normalized spacial score (nSPS) is 28.9. The molecule has 1 saturated heterocycles. The number of ether oxygens (including phenoxy) is 2. The summed E-state index contributed by atoms with van der Waals surface area (Å²) < 4.78 is 10.7. The van der Waals surface area contributed by atoms with Crippen LogP contribution in [0.2, 0.25) is 0 Å². The van der Waals surface area contributed by atoms with Crippen LogP contribution in [0.5, 0.6) is 0 Å². The Hall–Kier alpha value is -0.620. The molecule has 4 atom stereocenters. The first-order valence-corrected chi connectivity index (χ1v) is 7.09. The number of rotatable bonds is 9. The van der Waals surface area contributed by atoms with E-state index in [0.29, 0.717) is 0 Å². The standard InChI is InChI=1S/C14H26O5/c1-2-3-4-5-6-7-8-18-14-12(17)10-19-13(14)11(16)9-15/h7-8,11-17H,2-6,9-10H2,1H3/b8-7+/t11-,12+,13+,14+/m0/s1. The molecule has 19 heavy (non-hydrogen) atoms. The first-order chi connectivity index (χ1) is 9.20. The largest absolute Gasteiger partial charge is 0.493 e. The third-order valence-electron chi connectivity index (χ3n) is 3.29. The van der Waals surface area contributed by atoms with E-state index in [1.54, 1.807) is 6.26 Å². The summed E-state index contributed by atoms with van der Waals surface area (Å²) in [5.74, 6) is 0. The SMILES string of the molecule is CCCCCC/C=C/O[C@H]1[C@@H]([C@@H](O)CO)OC[C@H]1O. The van der Waals surface area contributed by atoms with E-state index in [9.17, 15) is 10.2 Å². The molecule has 0 radical (unpaired) electrons. The molecule has 0 aromatic rings. The second kappa shape index (κ2) is 9.31. The van der Waals surface area contributed by atoms with Crippen molar-refractivity contribution in [1.29, 1.82) is 0 Å². The minimum Gasteiger partial charge on any atom is -0.493 e. The second-order valence-electron chi connectivity index (χ2n) is 4.94. The van der Waals surface area contributed by atoms with Crippen molar-refractivity contribution in [2.75, 3.05) is 13.2 Å². The van der Waals surface area contributed by atoms with Crippen molar-refractivity contribution < 1.29 is 24.8 Å². The van der Waals surface area contributed by atoms with E-state index in [0.717, 1.165) is 12.8 Å². The van der Waals surface area contributed by atoms with Gasteiger partial charge in [-0.15, -0.1) is 0 Å². The van der Waals surface area contributed by atoms with Crippen LogP contribution in [0.3, 0.4) is 0 Å². The third-order valence-corrected chi connectivity index (χ3v) is 3.29. The molecule has 0 aromatic heterocycles. The average Bonchev–Trinajstić information content (AvgIpc) is 2.78. The summed E-state index contributed by atoms with van der Waals surface area (Å²) in [5, 5.41) is 28.2. The number of unbranched alkanes of at least 4 members (excludes halogenated alkanes) is 4. The van der Waals surface area contributed by atoms with E-state index in [2.05, 4.69) is 6.92 Å². The monoisotopic (exact) mass is 274 g/mol. The van der Waals surface area contributed by atoms with Gasteiger partial charge in [0.2, 0.25) is 0 Å². The summed E-state index contributed by atoms with van der Waals surface area (Å²) in [4.78, 5) is 0. The van der Waals surface area contributed by atoms with Crippen LogP contribution in [-0.4, -0.2) is 52.9 Å². The van der Waals surface area contributed by atoms with Crippen LogP contribution in [0.15, 0.2) is 12.3 Å². The molecule has 5 heteroatoms. The molecule has 0 amide bonds. The Morgan fingerprint density at radius 3 is 2.84 bits per heavy atom. The van der Waals surface area contributed by atoms with Crippen LogP contribution in [0.25, 0.3) is 0 Å². The van der Waals surface area contributed by atoms with E-state index in [-0.39, 0.29) is 6.61 Å². The van der Waals surface area contributed by atoms with Gasteiger partial charge in [-0.3, -0.25) is 0 Å². The summed E-state index contributed by atoms with van der Waals surface area (Å²) in [6, 6.07) is 0. The van der Waals surface area contributed by atoms with Gasteiger partial charge in [-0.25, -0.2) is 0 Å². The minimum atomic E-state index is -1.03. The summed E-state index contributed by atoms with van der Waals surface area (Å²) in [6.07, 6.45) is 6.13. The maximum Gasteiger partial charge on any atom is 0.154 e. The predicted octanol–water partition coefficient (Wildman–Crippen LogP) is 0.969. The summed E-state index contributed by atoms with van der Waals surface area (Å²) >= 11 is 0. The van der Waals surface area contributed by atoms with Crippen LogP contribution >= 0.6 is 0 Å². The Bertz CT molecular complexity index is 256. The molecule has 3 N–H and O–H groups in total. The molecule has 0 unspecified atom stereocenters. The molecule has 1 rings (SSSR count). The summed E-state index contributed by atoms with van der Waals surface area (Å²) in [5.41, 5.74) is 0. The Morgan fingerprint density at radius 2 is 2.16 bits per heavy atom. The average molecular weight is 274 g/mol. The highest BCUT2D eigenvalue weighted by Gasteiger charge is 2.41. The molecule has 5 nitrogen and oxygen atoms in total. The Balaban J connectivity index is 2.27. The number of hydrogen-bond acceptors (Lipinski definition) is 5. The molecule has 0 aliphatic carbocycles.